The molecule has 0 amide bonds. The predicted molar refractivity (Wildman–Crippen MR) is 46.7 cm³/mol. The number of pyridine rings is 1. The van der Waals surface area contributed by atoms with Crippen LogP contribution in [0.5, 0.6) is 0 Å². The van der Waals surface area contributed by atoms with Crippen LogP contribution in [0.1, 0.15) is 11.4 Å². The first-order valence-electron chi connectivity index (χ1n) is 2.69. The van der Waals surface area contributed by atoms with Gasteiger partial charge in [-0.1, -0.05) is 6.07 Å². The van der Waals surface area contributed by atoms with E-state index in [0.717, 1.165) is 11.4 Å². The van der Waals surface area contributed by atoms with Gasteiger partial charge in [0, 0.05) is 11.4 Å². The van der Waals surface area contributed by atoms with Gasteiger partial charge in [0.2, 0.25) is 0 Å². The number of aryl methyl sites for hydroxylation is 2. The zero-order valence-corrected chi connectivity index (χ0v) is 11.5. The molecule has 0 aromatic carbocycles. The summed E-state index contributed by atoms with van der Waals surface area (Å²) in [5.74, 6) is 0. The third kappa shape index (κ3) is 12.8. The Labute approximate surface area is 115 Å². The van der Waals surface area contributed by atoms with Crippen molar-refractivity contribution < 1.29 is 37.2 Å². The van der Waals surface area contributed by atoms with E-state index in [0.29, 0.717) is 0 Å². The fraction of sp³-hybridized carbons (Fsp3) is 0.286. The zero-order valence-electron chi connectivity index (χ0n) is 7.30. The van der Waals surface area contributed by atoms with Crippen molar-refractivity contribution in [3.63, 3.8) is 0 Å². The maximum atomic E-state index is 4.17. The largest absolute Gasteiger partial charge is 3.00 e. The molecule has 1 nitrogen and oxygen atoms in total. The fourth-order valence-electron chi connectivity index (χ4n) is 0.679. The summed E-state index contributed by atoms with van der Waals surface area (Å²) in [6.45, 7) is 3.99. The molecule has 0 aliphatic heterocycles. The number of hydrogen-bond acceptors (Lipinski definition) is 1. The van der Waals surface area contributed by atoms with E-state index < -0.39 is 0 Å². The van der Waals surface area contributed by atoms with Crippen LogP contribution in [0, 0.1) is 13.8 Å². The van der Waals surface area contributed by atoms with E-state index in [4.69, 9.17) is 0 Å². The molecule has 0 saturated carbocycles. The van der Waals surface area contributed by atoms with Gasteiger partial charge in [0.15, 0.2) is 0 Å². The third-order valence-electron chi connectivity index (χ3n) is 1.03. The standard InChI is InChI=1S/C7H9N.Al.4ClH/c1-6-4-3-5-7(2)8-6;;;;;/h3-5H,1-2H3;;4*1H/q;+3;;;;/p-3. The summed E-state index contributed by atoms with van der Waals surface area (Å²) < 4.78 is 0. The van der Waals surface area contributed by atoms with Gasteiger partial charge >= 0.3 is 17.4 Å². The number of aromatic nitrogens is 1. The van der Waals surface area contributed by atoms with Crippen molar-refractivity contribution in [2.75, 3.05) is 0 Å². The molecule has 13 heavy (non-hydrogen) atoms. The summed E-state index contributed by atoms with van der Waals surface area (Å²) in [5, 5.41) is 0. The molecule has 0 aliphatic carbocycles. The second kappa shape index (κ2) is 15.3. The zero-order chi connectivity index (χ0) is 5.98. The molecule has 0 spiro atoms. The minimum Gasteiger partial charge on any atom is -1.00 e. The summed E-state index contributed by atoms with van der Waals surface area (Å²) >= 11 is 0. The van der Waals surface area contributed by atoms with E-state index in [1.807, 2.05) is 32.0 Å². The van der Waals surface area contributed by atoms with Crippen LogP contribution in [0.3, 0.4) is 0 Å². The molecule has 0 saturated heterocycles. The van der Waals surface area contributed by atoms with Gasteiger partial charge in [0.1, 0.15) is 0 Å². The quantitative estimate of drug-likeness (QED) is 0.429. The molecule has 0 bridgehead atoms. The molecule has 0 atom stereocenters. The Morgan fingerprint density at radius 1 is 0.923 bits per heavy atom. The SMILES string of the molecule is Cc1cccc(C)n1.Cl.[Al+3].[Cl-].[Cl-].[Cl-]. The maximum absolute atomic E-state index is 4.17. The first kappa shape index (κ1) is 29.2. The van der Waals surface area contributed by atoms with Crippen LogP contribution in [0.2, 0.25) is 0 Å². The molecule has 1 aromatic heterocycles. The van der Waals surface area contributed by atoms with Crippen LogP contribution in [0.15, 0.2) is 18.2 Å². The van der Waals surface area contributed by atoms with Crippen LogP contribution in [0.4, 0.5) is 0 Å². The van der Waals surface area contributed by atoms with Crippen molar-refractivity contribution in [1.82, 2.24) is 4.98 Å². The maximum Gasteiger partial charge on any atom is 3.00 e. The average molecular weight is 277 g/mol. The molecule has 1 heterocycles. The first-order valence-corrected chi connectivity index (χ1v) is 2.69. The smallest absolute Gasteiger partial charge is 1.00 e. The van der Waals surface area contributed by atoms with Crippen molar-refractivity contribution in [3.8, 4) is 0 Å². The second-order valence-corrected chi connectivity index (χ2v) is 1.92. The van der Waals surface area contributed by atoms with E-state index in [-0.39, 0.29) is 67.0 Å². The van der Waals surface area contributed by atoms with Gasteiger partial charge in [-0.3, -0.25) is 4.98 Å². The number of rotatable bonds is 0. The van der Waals surface area contributed by atoms with Gasteiger partial charge in [-0.2, -0.15) is 0 Å². The van der Waals surface area contributed by atoms with E-state index in [2.05, 4.69) is 4.98 Å². The monoisotopic (exact) mass is 275 g/mol. The van der Waals surface area contributed by atoms with Gasteiger partial charge in [-0.25, -0.2) is 0 Å². The molecule has 0 fully saturated rings. The average Bonchev–Trinajstić information content (AvgIpc) is 1.64. The number of hydrogen-bond donors (Lipinski definition) is 0. The third-order valence-corrected chi connectivity index (χ3v) is 1.03. The molecule has 74 valence electrons. The minimum absolute atomic E-state index is 0. The number of halogens is 4. The van der Waals surface area contributed by atoms with E-state index in [9.17, 15) is 0 Å². The fourth-order valence-corrected chi connectivity index (χ4v) is 0.679. The topological polar surface area (TPSA) is 12.9 Å². The van der Waals surface area contributed by atoms with Gasteiger partial charge in [0.05, 0.1) is 0 Å². The molecular weight excluding hydrogens is 267 g/mol. The Hall–Kier alpha value is 0.842. The van der Waals surface area contributed by atoms with Crippen molar-refractivity contribution >= 4 is 29.8 Å². The summed E-state index contributed by atoms with van der Waals surface area (Å²) in [7, 11) is 0. The van der Waals surface area contributed by atoms with Gasteiger partial charge in [-0.15, -0.1) is 12.4 Å². The molecule has 1 rings (SSSR count). The van der Waals surface area contributed by atoms with Crippen molar-refractivity contribution in [2.45, 2.75) is 13.8 Å². The molecule has 1 aromatic rings. The predicted octanol–water partition coefficient (Wildman–Crippen LogP) is -7.25. The second-order valence-electron chi connectivity index (χ2n) is 1.92. The summed E-state index contributed by atoms with van der Waals surface area (Å²) in [6.07, 6.45) is 0. The van der Waals surface area contributed by atoms with Crippen molar-refractivity contribution in [1.29, 1.82) is 0 Å². The van der Waals surface area contributed by atoms with Gasteiger partial charge < -0.3 is 37.2 Å². The molecular formula is C7H10AlCl4N. The molecule has 0 N–H and O–H groups in total. The summed E-state index contributed by atoms with van der Waals surface area (Å²) in [6, 6.07) is 6.00. The van der Waals surface area contributed by atoms with Gasteiger partial charge in [-0.05, 0) is 26.0 Å². The molecule has 0 aliphatic rings. The van der Waals surface area contributed by atoms with Crippen LogP contribution < -0.4 is 37.2 Å². The Morgan fingerprint density at radius 2 is 1.23 bits per heavy atom. The van der Waals surface area contributed by atoms with Gasteiger partial charge in [0.25, 0.3) is 0 Å². The van der Waals surface area contributed by atoms with Crippen LogP contribution in [-0.4, -0.2) is 22.3 Å². The van der Waals surface area contributed by atoms with E-state index in [1.54, 1.807) is 0 Å². The Balaban J connectivity index is -0.0000000427. The Morgan fingerprint density at radius 3 is 1.38 bits per heavy atom. The van der Waals surface area contributed by atoms with Crippen molar-refractivity contribution in [2.24, 2.45) is 0 Å². The summed E-state index contributed by atoms with van der Waals surface area (Å²) in [5.41, 5.74) is 2.18. The molecule has 6 heteroatoms. The minimum atomic E-state index is 0. The van der Waals surface area contributed by atoms with Crippen LogP contribution in [0.25, 0.3) is 0 Å². The van der Waals surface area contributed by atoms with E-state index in [1.165, 1.54) is 0 Å². The van der Waals surface area contributed by atoms with Crippen LogP contribution >= 0.6 is 12.4 Å². The number of nitrogens with zero attached hydrogens (tertiary/aromatic N) is 1. The molecule has 0 unspecified atom stereocenters. The molecule has 0 radical (unpaired) electrons. The van der Waals surface area contributed by atoms with Crippen molar-refractivity contribution in [3.05, 3.63) is 29.6 Å². The summed E-state index contributed by atoms with van der Waals surface area (Å²) in [4.78, 5) is 4.17. The first-order chi connectivity index (χ1) is 3.79. The normalized spacial score (nSPS) is 5.69. The Bertz CT molecular complexity index is 180. The van der Waals surface area contributed by atoms with E-state index >= 15 is 0 Å². The van der Waals surface area contributed by atoms with Crippen LogP contribution in [-0.2, 0) is 0 Å². The Kier molecular flexibility index (Phi) is 34.4.